The number of rotatable bonds is 7. The molecule has 1 aliphatic rings. The largest absolute Gasteiger partial charge is 0.463 e. The van der Waals surface area contributed by atoms with Crippen molar-refractivity contribution in [1.82, 2.24) is 14.3 Å². The van der Waals surface area contributed by atoms with Gasteiger partial charge in [0.2, 0.25) is 0 Å². The molecule has 0 bridgehead atoms. The van der Waals surface area contributed by atoms with Crippen molar-refractivity contribution in [2.45, 2.75) is 26.8 Å². The number of aromatic nitrogens is 3. The zero-order valence-corrected chi connectivity index (χ0v) is 26.1. The third-order valence-electron chi connectivity index (χ3n) is 7.14. The molecule has 3 aromatic carbocycles. The molecular weight excluding hydrogens is 612 g/mol. The molecule has 45 heavy (non-hydrogen) atoms. The maximum atomic E-state index is 14.2. The zero-order valence-electron chi connectivity index (χ0n) is 24.6. The van der Waals surface area contributed by atoms with Gasteiger partial charge in [-0.2, -0.15) is 5.10 Å². The molecule has 6 rings (SSSR count). The summed E-state index contributed by atoms with van der Waals surface area (Å²) in [4.78, 5) is 44.0. The SMILES string of the molecule is CCOC(=O)C1=C(C)N=c2sc(=Cc3cn(-c4ccccc4)nc3-c3ccc(Cl)cc3)c(=O)n2[C@H]1c1ccc(OC(C)=O)cc1. The number of allylic oxidation sites excluding steroid dienone is 1. The van der Waals surface area contributed by atoms with E-state index in [1.54, 1.807) is 61.0 Å². The van der Waals surface area contributed by atoms with Crippen LogP contribution in [0.1, 0.15) is 37.9 Å². The maximum Gasteiger partial charge on any atom is 0.338 e. The van der Waals surface area contributed by atoms with Gasteiger partial charge in [-0.3, -0.25) is 14.2 Å². The third kappa shape index (κ3) is 6.02. The van der Waals surface area contributed by atoms with Crippen molar-refractivity contribution in [3.63, 3.8) is 0 Å². The molecule has 0 radical (unpaired) electrons. The number of hydrogen-bond acceptors (Lipinski definition) is 8. The zero-order chi connectivity index (χ0) is 31.7. The fourth-order valence-corrected chi connectivity index (χ4v) is 6.33. The normalized spacial score (nSPS) is 14.6. The molecule has 0 unspecified atom stereocenters. The summed E-state index contributed by atoms with van der Waals surface area (Å²) in [5.74, 6) is -0.661. The highest BCUT2D eigenvalue weighted by Crippen LogP contribution is 2.32. The third-order valence-corrected chi connectivity index (χ3v) is 8.38. The van der Waals surface area contributed by atoms with E-state index in [1.807, 2.05) is 48.7 Å². The number of hydrogen-bond donors (Lipinski definition) is 0. The first-order valence-electron chi connectivity index (χ1n) is 14.1. The molecule has 1 atom stereocenters. The minimum atomic E-state index is -0.809. The van der Waals surface area contributed by atoms with E-state index in [1.165, 1.54) is 22.8 Å². The summed E-state index contributed by atoms with van der Waals surface area (Å²) in [6.07, 6.45) is 3.67. The Bertz CT molecular complexity index is 2130. The number of fused-ring (bicyclic) bond motifs is 1. The summed E-state index contributed by atoms with van der Waals surface area (Å²) in [6, 6.07) is 22.9. The predicted octanol–water partition coefficient (Wildman–Crippen LogP) is 5.23. The molecule has 0 spiro atoms. The van der Waals surface area contributed by atoms with Crippen LogP contribution in [0.4, 0.5) is 0 Å². The lowest BCUT2D eigenvalue weighted by atomic mass is 9.96. The second-order valence-electron chi connectivity index (χ2n) is 10.2. The number of carbonyl (C=O) groups is 2. The van der Waals surface area contributed by atoms with Gasteiger partial charge in [0.25, 0.3) is 5.56 Å². The van der Waals surface area contributed by atoms with Crippen LogP contribution >= 0.6 is 22.9 Å². The molecule has 1 aliphatic heterocycles. The fraction of sp³-hybridized carbons (Fsp3) is 0.147. The Hall–Kier alpha value is -5.06. The van der Waals surface area contributed by atoms with Crippen molar-refractivity contribution in [3.05, 3.63) is 132 Å². The number of para-hydroxylation sites is 1. The van der Waals surface area contributed by atoms with Crippen LogP contribution in [-0.2, 0) is 14.3 Å². The van der Waals surface area contributed by atoms with Crippen molar-refractivity contribution in [1.29, 1.82) is 0 Å². The summed E-state index contributed by atoms with van der Waals surface area (Å²) < 4.78 is 14.3. The van der Waals surface area contributed by atoms with Crippen LogP contribution in [-0.4, -0.2) is 32.9 Å². The maximum absolute atomic E-state index is 14.2. The molecule has 9 nitrogen and oxygen atoms in total. The molecular formula is C34H27ClN4O5S. The second-order valence-corrected chi connectivity index (χ2v) is 11.6. The average molecular weight is 639 g/mol. The van der Waals surface area contributed by atoms with Gasteiger partial charge in [-0.1, -0.05) is 65.4 Å². The van der Waals surface area contributed by atoms with Gasteiger partial charge in [-0.15, -0.1) is 0 Å². The minimum Gasteiger partial charge on any atom is -0.463 e. The molecule has 3 heterocycles. The number of benzene rings is 3. The Morgan fingerprint density at radius 2 is 1.73 bits per heavy atom. The van der Waals surface area contributed by atoms with Gasteiger partial charge in [-0.25, -0.2) is 14.5 Å². The van der Waals surface area contributed by atoms with Gasteiger partial charge in [-0.05, 0) is 61.9 Å². The van der Waals surface area contributed by atoms with E-state index in [0.717, 1.165) is 16.8 Å². The van der Waals surface area contributed by atoms with Gasteiger partial charge in [0.1, 0.15) is 11.4 Å². The van der Waals surface area contributed by atoms with Crippen molar-refractivity contribution in [2.75, 3.05) is 6.61 Å². The molecule has 0 fully saturated rings. The first kappa shape index (κ1) is 30.0. The lowest BCUT2D eigenvalue weighted by Crippen LogP contribution is -2.39. The van der Waals surface area contributed by atoms with E-state index in [9.17, 15) is 14.4 Å². The van der Waals surface area contributed by atoms with E-state index in [-0.39, 0.29) is 17.7 Å². The molecule has 0 amide bonds. The topological polar surface area (TPSA) is 105 Å². The summed E-state index contributed by atoms with van der Waals surface area (Å²) in [5, 5.41) is 5.46. The van der Waals surface area contributed by atoms with Crippen LogP contribution in [0.5, 0.6) is 5.75 Å². The second kappa shape index (κ2) is 12.5. The Morgan fingerprint density at radius 1 is 1.02 bits per heavy atom. The predicted molar refractivity (Wildman–Crippen MR) is 172 cm³/mol. The summed E-state index contributed by atoms with van der Waals surface area (Å²) >= 11 is 7.39. The van der Waals surface area contributed by atoms with Gasteiger partial charge >= 0.3 is 11.9 Å². The number of ether oxygens (including phenoxy) is 2. The summed E-state index contributed by atoms with van der Waals surface area (Å²) in [7, 11) is 0. The highest BCUT2D eigenvalue weighted by Gasteiger charge is 2.33. The van der Waals surface area contributed by atoms with Crippen molar-refractivity contribution >= 4 is 41.0 Å². The minimum absolute atomic E-state index is 0.164. The quantitative estimate of drug-likeness (QED) is 0.179. The van der Waals surface area contributed by atoms with Crippen LogP contribution < -0.4 is 19.6 Å². The Morgan fingerprint density at radius 3 is 2.40 bits per heavy atom. The first-order valence-corrected chi connectivity index (χ1v) is 15.3. The number of carbonyl (C=O) groups excluding carboxylic acids is 2. The number of halogens is 1. The molecule has 0 N–H and O–H groups in total. The van der Waals surface area contributed by atoms with E-state index in [0.29, 0.717) is 37.1 Å². The smallest absolute Gasteiger partial charge is 0.338 e. The Labute approximate surface area is 267 Å². The van der Waals surface area contributed by atoms with Crippen molar-refractivity contribution in [2.24, 2.45) is 4.99 Å². The first-order chi connectivity index (χ1) is 21.7. The van der Waals surface area contributed by atoms with Gasteiger partial charge in [0.05, 0.1) is 34.1 Å². The lowest BCUT2D eigenvalue weighted by Gasteiger charge is -2.24. The molecule has 0 saturated carbocycles. The molecule has 0 aliphatic carbocycles. The van der Waals surface area contributed by atoms with Crippen LogP contribution in [0.25, 0.3) is 23.0 Å². The van der Waals surface area contributed by atoms with Crippen LogP contribution in [0.2, 0.25) is 5.02 Å². The van der Waals surface area contributed by atoms with E-state index >= 15 is 0 Å². The molecule has 2 aromatic heterocycles. The van der Waals surface area contributed by atoms with Gasteiger partial charge < -0.3 is 9.47 Å². The number of esters is 2. The highest BCUT2D eigenvalue weighted by atomic mass is 35.5. The molecule has 5 aromatic rings. The van der Waals surface area contributed by atoms with E-state index in [4.69, 9.17) is 26.2 Å². The fourth-order valence-electron chi connectivity index (χ4n) is 5.17. The van der Waals surface area contributed by atoms with Crippen molar-refractivity contribution < 1.29 is 19.1 Å². The Kier molecular flexibility index (Phi) is 8.34. The molecule has 226 valence electrons. The number of thiazole rings is 1. The highest BCUT2D eigenvalue weighted by molar-refractivity contribution is 7.07. The molecule has 0 saturated heterocycles. The van der Waals surface area contributed by atoms with Crippen LogP contribution in [0.3, 0.4) is 0 Å². The summed E-state index contributed by atoms with van der Waals surface area (Å²) in [5.41, 5.74) is 4.10. The van der Waals surface area contributed by atoms with E-state index in [2.05, 4.69) is 4.99 Å². The molecule has 11 heteroatoms. The number of nitrogens with zero attached hydrogens (tertiary/aromatic N) is 4. The van der Waals surface area contributed by atoms with Gasteiger partial charge in [0, 0.05) is 29.3 Å². The van der Waals surface area contributed by atoms with Gasteiger partial charge in [0.15, 0.2) is 4.80 Å². The standard InChI is InChI=1S/C34H27ClN4O5S/c1-4-43-33(42)29-20(2)36-34-39(31(29)23-12-16-27(17-13-23)44-21(3)40)32(41)28(45-34)18-24-19-38(26-8-6-5-7-9-26)37-30(24)22-10-14-25(35)15-11-22/h5-19,31H,4H2,1-3H3/t31-/m0/s1. The Balaban J connectivity index is 1.53. The average Bonchev–Trinajstić information content (AvgIpc) is 3.58. The summed E-state index contributed by atoms with van der Waals surface area (Å²) in [6.45, 7) is 4.93. The van der Waals surface area contributed by atoms with Crippen molar-refractivity contribution in [3.8, 4) is 22.7 Å². The van der Waals surface area contributed by atoms with Crippen LogP contribution in [0, 0.1) is 0 Å². The lowest BCUT2D eigenvalue weighted by molar-refractivity contribution is -0.139. The van der Waals surface area contributed by atoms with Crippen LogP contribution in [0.15, 0.2) is 106 Å². The van der Waals surface area contributed by atoms with E-state index < -0.39 is 18.0 Å². The monoisotopic (exact) mass is 638 g/mol.